The first-order chi connectivity index (χ1) is 31.8. The zero-order chi connectivity index (χ0) is 51.4. The fourth-order valence-electron chi connectivity index (χ4n) is 7.46. The monoisotopic (exact) mass is 1050 g/mol. The van der Waals surface area contributed by atoms with E-state index in [1.165, 1.54) is 57.7 Å². The Labute approximate surface area is 404 Å². The lowest BCUT2D eigenvalue weighted by molar-refractivity contribution is -0.275. The molecule has 2 amide bonds. The minimum atomic E-state index is -4.76. The lowest BCUT2D eigenvalue weighted by atomic mass is 10.1. The van der Waals surface area contributed by atoms with Gasteiger partial charge in [0.1, 0.15) is 46.4 Å². The van der Waals surface area contributed by atoms with Gasteiger partial charge < -0.3 is 43.5 Å². The summed E-state index contributed by atoms with van der Waals surface area (Å²) in [6, 6.07) is 10.6. The second-order valence-electron chi connectivity index (χ2n) is 18.7. The number of hydrogen-bond donors (Lipinski definition) is 1. The highest BCUT2D eigenvalue weighted by Gasteiger charge is 2.39. The average molecular weight is 1050 g/mol. The van der Waals surface area contributed by atoms with Gasteiger partial charge in [-0.25, -0.2) is 30.7 Å². The molecular formula is C44H63ClF6N4O12S2. The Kier molecular flexibility index (Phi) is 20.3. The molecule has 1 N–H and O–H groups in total. The Hall–Kier alpha value is -4.13. The predicted octanol–water partition coefficient (Wildman–Crippen LogP) is 8.83. The van der Waals surface area contributed by atoms with Crippen molar-refractivity contribution < 1.29 is 81.2 Å². The number of hydrogen-bond acceptors (Lipinski definition) is 13. The first kappa shape index (κ1) is 57.4. The molecular weight excluding hydrogens is 990 g/mol. The van der Waals surface area contributed by atoms with Crippen molar-refractivity contribution >= 4 is 41.9 Å². The highest BCUT2D eigenvalue weighted by Crippen LogP contribution is 2.30. The van der Waals surface area contributed by atoms with Gasteiger partial charge in [-0.3, -0.25) is 0 Å². The Balaban J connectivity index is 0.000000249. The van der Waals surface area contributed by atoms with E-state index in [4.69, 9.17) is 29.6 Å². The Morgan fingerprint density at radius 3 is 1.20 bits per heavy atom. The number of carbonyl (C=O) groups is 2. The first-order valence-electron chi connectivity index (χ1n) is 22.5. The molecule has 0 aromatic heterocycles. The molecule has 69 heavy (non-hydrogen) atoms. The summed E-state index contributed by atoms with van der Waals surface area (Å²) in [7, 11) is -1.75. The summed E-state index contributed by atoms with van der Waals surface area (Å²) in [4.78, 5) is 27.0. The van der Waals surface area contributed by atoms with Crippen molar-refractivity contribution in [1.29, 1.82) is 0 Å². The van der Waals surface area contributed by atoms with E-state index < -0.39 is 65.7 Å². The number of nitrogens with zero attached hydrogens (tertiary/aromatic N) is 3. The highest BCUT2D eigenvalue weighted by atomic mass is 35.7. The van der Waals surface area contributed by atoms with Crippen LogP contribution < -0.4 is 24.3 Å². The molecule has 6 rings (SSSR count). The van der Waals surface area contributed by atoms with E-state index in [1.807, 2.05) is 0 Å². The first-order valence-corrected chi connectivity index (χ1v) is 26.4. The molecule has 0 radical (unpaired) electrons. The number of halogens is 7. The van der Waals surface area contributed by atoms with Crippen LogP contribution in [0.15, 0.2) is 48.5 Å². The SMILES string of the molecule is CC(C)(C)OC(=O)N1CCC(S(=O)(=O)Cl)CC1.CC(C)(C)OC(=O)N1CCC(S(=O)(=O)N2CCC(Oc3ccc(OC(F)(F)F)cc3)CC2)CC1.FC(F)(F)Oc1ccc(OC2CCNCC2)cc1. The lowest BCUT2D eigenvalue weighted by Crippen LogP contribution is -2.50. The summed E-state index contributed by atoms with van der Waals surface area (Å²) < 4.78 is 152. The predicted molar refractivity (Wildman–Crippen MR) is 243 cm³/mol. The second kappa shape index (κ2) is 24.3. The van der Waals surface area contributed by atoms with Gasteiger partial charge in [-0.2, -0.15) is 0 Å². The molecule has 0 atom stereocenters. The summed E-state index contributed by atoms with van der Waals surface area (Å²) in [6.07, 6.45) is -6.18. The van der Waals surface area contributed by atoms with Gasteiger partial charge in [-0.1, -0.05) is 0 Å². The van der Waals surface area contributed by atoms with E-state index in [9.17, 15) is 52.8 Å². The normalized spacial score (nSPS) is 19.0. The van der Waals surface area contributed by atoms with Crippen LogP contribution in [0, 0.1) is 0 Å². The van der Waals surface area contributed by atoms with Crippen LogP contribution >= 0.6 is 10.7 Å². The molecule has 2 aromatic carbocycles. The third kappa shape index (κ3) is 21.0. The van der Waals surface area contributed by atoms with Crippen LogP contribution in [0.3, 0.4) is 0 Å². The maximum Gasteiger partial charge on any atom is 0.573 e. The molecule has 0 spiro atoms. The standard InChI is InChI=1S/C22H31F3N2O6S.C12H14F3NO2.C10H18ClNO4S/c1-21(2,3)33-20(28)26-12-10-19(11-13-26)34(29,30)27-14-8-17(9-15-27)31-16-4-6-18(7-5-16)32-22(23,24)25;13-12(14,15)18-11-3-1-9(2-4-11)17-10-5-7-16-8-6-10;1-10(2,3)16-9(13)12-6-4-8(5-7-12)17(11,14)15/h4-7,17,19H,8-15H2,1-3H3;1-4,10,16H,5-8H2;8H,4-7H2,1-3H3. The third-order valence-corrected chi connectivity index (χ3v) is 15.2. The molecule has 0 unspecified atom stereocenters. The Bertz CT molecular complexity index is 2150. The molecule has 25 heteroatoms. The van der Waals surface area contributed by atoms with Gasteiger partial charge in [0.15, 0.2) is 0 Å². The van der Waals surface area contributed by atoms with E-state index in [1.54, 1.807) is 46.4 Å². The molecule has 4 fully saturated rings. The van der Waals surface area contributed by atoms with Crippen LogP contribution in [0.2, 0.25) is 0 Å². The molecule has 392 valence electrons. The van der Waals surface area contributed by atoms with Gasteiger partial charge >= 0.3 is 24.9 Å². The topological polar surface area (TPSA) is 180 Å². The van der Waals surface area contributed by atoms with Crippen molar-refractivity contribution in [3.8, 4) is 23.0 Å². The van der Waals surface area contributed by atoms with Crippen molar-refractivity contribution in [3.05, 3.63) is 48.5 Å². The molecule has 4 aliphatic heterocycles. The number of amides is 2. The third-order valence-electron chi connectivity index (χ3n) is 10.8. The number of sulfonamides is 1. The van der Waals surface area contributed by atoms with Gasteiger partial charge in [0.25, 0.3) is 0 Å². The minimum absolute atomic E-state index is 0.126. The summed E-state index contributed by atoms with van der Waals surface area (Å²) in [5.41, 5.74) is -1.14. The number of carbonyl (C=O) groups excluding carboxylic acids is 2. The fourth-order valence-corrected chi connectivity index (χ4v) is 10.7. The van der Waals surface area contributed by atoms with E-state index in [0.717, 1.165) is 25.9 Å². The molecule has 0 saturated carbocycles. The smallest absolute Gasteiger partial charge is 0.490 e. The number of benzene rings is 2. The van der Waals surface area contributed by atoms with E-state index >= 15 is 0 Å². The van der Waals surface area contributed by atoms with Crippen molar-refractivity contribution in [3.63, 3.8) is 0 Å². The summed E-state index contributed by atoms with van der Waals surface area (Å²) >= 11 is 0. The molecule has 4 heterocycles. The summed E-state index contributed by atoms with van der Waals surface area (Å²) in [6.45, 7) is 14.5. The average Bonchev–Trinajstić information content (AvgIpc) is 3.24. The van der Waals surface area contributed by atoms with E-state index in [-0.39, 0.29) is 23.7 Å². The summed E-state index contributed by atoms with van der Waals surface area (Å²) in [5, 5.41) is 2.11. The molecule has 4 saturated heterocycles. The van der Waals surface area contributed by atoms with E-state index in [0.29, 0.717) is 89.3 Å². The molecule has 16 nitrogen and oxygen atoms in total. The van der Waals surface area contributed by atoms with Crippen LogP contribution in [-0.2, 0) is 28.5 Å². The Morgan fingerprint density at radius 2 is 0.870 bits per heavy atom. The van der Waals surface area contributed by atoms with Crippen LogP contribution in [0.1, 0.15) is 92.9 Å². The maximum atomic E-state index is 13.1. The minimum Gasteiger partial charge on any atom is -0.490 e. The van der Waals surface area contributed by atoms with Gasteiger partial charge in [-0.05, 0) is 155 Å². The van der Waals surface area contributed by atoms with Gasteiger partial charge in [0, 0.05) is 50.0 Å². The molecule has 2 aromatic rings. The zero-order valence-corrected chi connectivity index (χ0v) is 41.8. The lowest BCUT2D eigenvalue weighted by Gasteiger charge is -2.37. The number of nitrogens with one attached hydrogen (secondary N) is 1. The zero-order valence-electron chi connectivity index (χ0n) is 39.4. The molecule has 4 aliphatic rings. The van der Waals surface area contributed by atoms with Crippen molar-refractivity contribution in [2.24, 2.45) is 0 Å². The number of alkyl halides is 6. The van der Waals surface area contributed by atoms with Crippen LogP contribution in [0.5, 0.6) is 23.0 Å². The van der Waals surface area contributed by atoms with Gasteiger partial charge in [0.2, 0.25) is 19.1 Å². The van der Waals surface area contributed by atoms with Crippen molar-refractivity contribution in [2.75, 3.05) is 52.4 Å². The van der Waals surface area contributed by atoms with E-state index in [2.05, 4.69) is 14.8 Å². The van der Waals surface area contributed by atoms with Crippen molar-refractivity contribution in [2.45, 2.75) is 140 Å². The quantitative estimate of drug-likeness (QED) is 0.186. The van der Waals surface area contributed by atoms with Gasteiger partial charge in [-0.15, -0.1) is 26.3 Å². The largest absolute Gasteiger partial charge is 0.573 e. The van der Waals surface area contributed by atoms with Crippen LogP contribution in [0.4, 0.5) is 35.9 Å². The number of rotatable bonds is 9. The van der Waals surface area contributed by atoms with Crippen LogP contribution in [-0.4, -0.2) is 142 Å². The number of likely N-dealkylation sites (tertiary alicyclic amines) is 2. The molecule has 0 aliphatic carbocycles. The Morgan fingerprint density at radius 1 is 0.536 bits per heavy atom. The fraction of sp³-hybridized carbons (Fsp3) is 0.682. The number of piperidine rings is 4. The van der Waals surface area contributed by atoms with Crippen molar-refractivity contribution in [1.82, 2.24) is 19.4 Å². The maximum absolute atomic E-state index is 13.1. The van der Waals surface area contributed by atoms with Gasteiger partial charge in [0.05, 0.1) is 10.5 Å². The van der Waals surface area contributed by atoms with Crippen LogP contribution in [0.25, 0.3) is 0 Å². The number of ether oxygens (including phenoxy) is 6. The highest BCUT2D eigenvalue weighted by molar-refractivity contribution is 8.14. The summed E-state index contributed by atoms with van der Waals surface area (Å²) in [5.74, 6) is 0.389. The molecule has 0 bridgehead atoms. The second-order valence-corrected chi connectivity index (χ2v) is 23.8.